The quantitative estimate of drug-likeness (QED) is 0.391. The van der Waals surface area contributed by atoms with Crippen LogP contribution in [0.1, 0.15) is 16.1 Å². The van der Waals surface area contributed by atoms with Crippen molar-refractivity contribution < 1.29 is 31.1 Å². The van der Waals surface area contributed by atoms with E-state index < -0.39 is 27.7 Å². The second-order valence-corrected chi connectivity index (χ2v) is 9.93. The molecule has 0 radical (unpaired) electrons. The number of aromatic amines is 1. The lowest BCUT2D eigenvalue weighted by atomic mass is 10.2. The first-order chi connectivity index (χ1) is 17.6. The number of amides is 1. The molecule has 190 valence electrons. The highest BCUT2D eigenvalue weighted by Crippen LogP contribution is 2.36. The van der Waals surface area contributed by atoms with Gasteiger partial charge in [0.05, 0.1) is 24.0 Å². The SMILES string of the molecule is O=C(Nc1ccc2c(c1)S(=O)(=O)N(c1ccc(C(F)(F)F)cc1)CCO2)c1cnc(-c2ccccc2)[nH]1. The first-order valence-corrected chi connectivity index (χ1v) is 12.5. The Bertz CT molecular complexity index is 1550. The monoisotopic (exact) mass is 528 g/mol. The number of anilines is 2. The molecule has 8 nitrogen and oxygen atoms in total. The van der Waals surface area contributed by atoms with Crippen molar-refractivity contribution in [1.82, 2.24) is 9.97 Å². The molecule has 12 heteroatoms. The van der Waals surface area contributed by atoms with E-state index in [4.69, 9.17) is 4.74 Å². The van der Waals surface area contributed by atoms with Crippen LogP contribution in [0.2, 0.25) is 0 Å². The molecule has 4 aromatic rings. The molecule has 0 atom stereocenters. The van der Waals surface area contributed by atoms with Crippen molar-refractivity contribution in [3.8, 4) is 17.1 Å². The summed E-state index contributed by atoms with van der Waals surface area (Å²) in [6, 6.07) is 17.2. The van der Waals surface area contributed by atoms with E-state index in [1.54, 1.807) is 0 Å². The standard InChI is InChI=1S/C25H19F3N4O4S/c26-25(27,28)17-6-9-19(10-7-17)32-12-13-36-21-11-8-18(14-22(21)37(32,34)35)30-24(33)20-15-29-23(31-20)16-4-2-1-3-5-16/h1-11,14-15H,12-13H2,(H,29,31)(H,30,33). The first-order valence-electron chi connectivity index (χ1n) is 11.0. The number of hydrogen-bond donors (Lipinski definition) is 2. The van der Waals surface area contributed by atoms with Crippen LogP contribution in [0.25, 0.3) is 11.4 Å². The predicted octanol–water partition coefficient (Wildman–Crippen LogP) is 4.94. The van der Waals surface area contributed by atoms with Crippen molar-refractivity contribution in [1.29, 1.82) is 0 Å². The van der Waals surface area contributed by atoms with Crippen molar-refractivity contribution in [2.45, 2.75) is 11.1 Å². The maximum Gasteiger partial charge on any atom is 0.416 e. The molecule has 1 aliphatic rings. The van der Waals surface area contributed by atoms with E-state index in [0.717, 1.165) is 34.1 Å². The molecule has 0 aliphatic carbocycles. The summed E-state index contributed by atoms with van der Waals surface area (Å²) in [6.45, 7) is -0.129. The molecule has 0 unspecified atom stereocenters. The molecule has 0 spiro atoms. The van der Waals surface area contributed by atoms with E-state index in [0.29, 0.717) is 5.82 Å². The van der Waals surface area contributed by atoms with Crippen LogP contribution in [0, 0.1) is 0 Å². The van der Waals surface area contributed by atoms with Gasteiger partial charge in [0, 0.05) is 11.3 Å². The lowest BCUT2D eigenvalue weighted by Crippen LogP contribution is -2.32. The van der Waals surface area contributed by atoms with Crippen LogP contribution >= 0.6 is 0 Å². The van der Waals surface area contributed by atoms with Crippen molar-refractivity contribution in [2.75, 3.05) is 22.8 Å². The second-order valence-electron chi connectivity index (χ2n) is 8.10. The van der Waals surface area contributed by atoms with Gasteiger partial charge >= 0.3 is 6.18 Å². The molecular formula is C25H19F3N4O4S. The summed E-state index contributed by atoms with van der Waals surface area (Å²) in [7, 11) is -4.22. The van der Waals surface area contributed by atoms with Gasteiger partial charge in [0.2, 0.25) is 0 Å². The average molecular weight is 529 g/mol. The Morgan fingerprint density at radius 1 is 1.03 bits per heavy atom. The number of rotatable bonds is 4. The minimum atomic E-state index is -4.55. The van der Waals surface area contributed by atoms with Crippen LogP contribution in [0.4, 0.5) is 24.5 Å². The van der Waals surface area contributed by atoms with Crippen LogP contribution in [-0.4, -0.2) is 37.4 Å². The van der Waals surface area contributed by atoms with E-state index in [1.807, 2.05) is 30.3 Å². The third-order valence-electron chi connectivity index (χ3n) is 5.67. The number of nitrogens with zero attached hydrogens (tertiary/aromatic N) is 2. The van der Waals surface area contributed by atoms with Gasteiger partial charge in [-0.25, -0.2) is 13.4 Å². The van der Waals surface area contributed by atoms with Gasteiger partial charge in [-0.1, -0.05) is 30.3 Å². The Balaban J connectivity index is 1.41. The Morgan fingerprint density at radius 3 is 2.46 bits per heavy atom. The normalized spacial score (nSPS) is 14.8. The maximum absolute atomic E-state index is 13.5. The maximum atomic E-state index is 13.5. The minimum absolute atomic E-state index is 0.0185. The van der Waals surface area contributed by atoms with Gasteiger partial charge < -0.3 is 15.0 Å². The zero-order chi connectivity index (χ0) is 26.2. The minimum Gasteiger partial charge on any atom is -0.490 e. The number of benzene rings is 3. The smallest absolute Gasteiger partial charge is 0.416 e. The summed E-state index contributed by atoms with van der Waals surface area (Å²) in [5.74, 6) is 0.0253. The Hall–Kier alpha value is -4.32. The number of aromatic nitrogens is 2. The molecule has 37 heavy (non-hydrogen) atoms. The van der Waals surface area contributed by atoms with E-state index >= 15 is 0 Å². The molecule has 3 aromatic carbocycles. The highest BCUT2D eigenvalue weighted by molar-refractivity contribution is 7.93. The number of hydrogen-bond acceptors (Lipinski definition) is 5. The topological polar surface area (TPSA) is 104 Å². The van der Waals surface area contributed by atoms with Crippen LogP contribution in [-0.2, 0) is 16.2 Å². The van der Waals surface area contributed by atoms with Crippen LogP contribution in [0.5, 0.6) is 5.75 Å². The number of carbonyl (C=O) groups excluding carboxylic acids is 1. The predicted molar refractivity (Wildman–Crippen MR) is 130 cm³/mol. The molecule has 2 N–H and O–H groups in total. The summed E-state index contributed by atoms with van der Waals surface area (Å²) < 4.78 is 72.3. The lowest BCUT2D eigenvalue weighted by Gasteiger charge is -2.22. The van der Waals surface area contributed by atoms with Gasteiger partial charge in [0.1, 0.15) is 28.8 Å². The number of halogens is 3. The third-order valence-corrected chi connectivity index (χ3v) is 7.52. The van der Waals surface area contributed by atoms with Crippen LogP contribution in [0.15, 0.2) is 83.9 Å². The fourth-order valence-electron chi connectivity index (χ4n) is 3.85. The summed E-state index contributed by atoms with van der Waals surface area (Å²) in [5.41, 5.74) is 0.308. The third kappa shape index (κ3) is 4.87. The summed E-state index contributed by atoms with van der Waals surface area (Å²) in [5, 5.41) is 2.64. The van der Waals surface area contributed by atoms with Gasteiger partial charge in [0.15, 0.2) is 0 Å². The van der Waals surface area contributed by atoms with Gasteiger partial charge in [-0.3, -0.25) is 9.10 Å². The Morgan fingerprint density at radius 2 is 1.76 bits per heavy atom. The number of fused-ring (bicyclic) bond motifs is 1. The highest BCUT2D eigenvalue weighted by atomic mass is 32.2. The molecule has 1 aliphatic heterocycles. The highest BCUT2D eigenvalue weighted by Gasteiger charge is 2.34. The van der Waals surface area contributed by atoms with Gasteiger partial charge in [-0.2, -0.15) is 13.2 Å². The molecule has 0 fully saturated rings. The Kier molecular flexibility index (Phi) is 6.12. The van der Waals surface area contributed by atoms with Crippen LogP contribution < -0.4 is 14.4 Å². The van der Waals surface area contributed by atoms with Crippen molar-refractivity contribution in [3.63, 3.8) is 0 Å². The van der Waals surface area contributed by atoms with Crippen molar-refractivity contribution in [3.05, 3.63) is 90.3 Å². The second kappa shape index (κ2) is 9.28. The van der Waals surface area contributed by atoms with Gasteiger partial charge in [0.25, 0.3) is 15.9 Å². The number of ether oxygens (including phenoxy) is 1. The van der Waals surface area contributed by atoms with E-state index in [1.165, 1.54) is 24.4 Å². The number of sulfonamides is 1. The van der Waals surface area contributed by atoms with E-state index in [2.05, 4.69) is 15.3 Å². The number of H-pyrrole nitrogens is 1. The zero-order valence-electron chi connectivity index (χ0n) is 19.0. The van der Waals surface area contributed by atoms with Crippen molar-refractivity contribution >= 4 is 27.3 Å². The lowest BCUT2D eigenvalue weighted by molar-refractivity contribution is -0.137. The molecule has 0 bridgehead atoms. The van der Waals surface area contributed by atoms with Gasteiger partial charge in [-0.05, 0) is 42.5 Å². The zero-order valence-corrected chi connectivity index (χ0v) is 19.8. The molecule has 1 aromatic heterocycles. The van der Waals surface area contributed by atoms with Crippen LogP contribution in [0.3, 0.4) is 0 Å². The van der Waals surface area contributed by atoms with E-state index in [-0.39, 0.29) is 40.9 Å². The summed E-state index contributed by atoms with van der Waals surface area (Å²) in [6.07, 6.45) is -3.18. The summed E-state index contributed by atoms with van der Waals surface area (Å²) >= 11 is 0. The number of imidazole rings is 1. The fraction of sp³-hybridized carbons (Fsp3) is 0.120. The molecule has 2 heterocycles. The molecular weight excluding hydrogens is 509 g/mol. The average Bonchev–Trinajstić information content (AvgIpc) is 3.33. The summed E-state index contributed by atoms with van der Waals surface area (Å²) in [4.78, 5) is 19.7. The number of alkyl halides is 3. The fourth-order valence-corrected chi connectivity index (χ4v) is 5.46. The largest absolute Gasteiger partial charge is 0.490 e. The van der Waals surface area contributed by atoms with Gasteiger partial charge in [-0.15, -0.1) is 0 Å². The first kappa shape index (κ1) is 24.4. The number of nitrogens with one attached hydrogen (secondary N) is 2. The molecule has 0 saturated carbocycles. The molecule has 5 rings (SSSR count). The molecule has 1 amide bonds. The van der Waals surface area contributed by atoms with E-state index in [9.17, 15) is 26.4 Å². The Labute approximate surface area is 209 Å². The molecule has 0 saturated heterocycles. The number of carbonyl (C=O) groups is 1. The van der Waals surface area contributed by atoms with Crippen molar-refractivity contribution in [2.24, 2.45) is 0 Å².